The highest BCUT2D eigenvalue weighted by molar-refractivity contribution is 7.93. The molecule has 2 aromatic carbocycles. The molecule has 1 aliphatic heterocycles. The average Bonchev–Trinajstić information content (AvgIpc) is 3.63. The number of amides is 1. The molecule has 3 heterocycles. The van der Waals surface area contributed by atoms with Crippen molar-refractivity contribution in [1.82, 2.24) is 4.98 Å². The number of thiazole rings is 1. The molecule has 0 atom stereocenters. The number of aromatic nitrogens is 1. The molecule has 36 heavy (non-hydrogen) atoms. The van der Waals surface area contributed by atoms with Gasteiger partial charge in [-0.15, -0.1) is 11.3 Å². The Labute approximate surface area is 209 Å². The van der Waals surface area contributed by atoms with Crippen LogP contribution >= 0.6 is 11.3 Å². The Bertz CT molecular complexity index is 1630. The first-order chi connectivity index (χ1) is 17.2. The molecule has 11 heteroatoms. The van der Waals surface area contributed by atoms with Crippen LogP contribution in [0.4, 0.5) is 5.69 Å². The Morgan fingerprint density at radius 2 is 1.78 bits per heavy atom. The van der Waals surface area contributed by atoms with Crippen molar-refractivity contribution in [2.24, 2.45) is 5.10 Å². The number of carbonyl (C=O) groups excluding carboxylic acids is 1. The van der Waals surface area contributed by atoms with E-state index in [4.69, 9.17) is 9.52 Å². The average molecular weight is 520 g/mol. The number of benzene rings is 2. The van der Waals surface area contributed by atoms with Gasteiger partial charge in [0, 0.05) is 17.1 Å². The van der Waals surface area contributed by atoms with E-state index >= 15 is 0 Å². The lowest BCUT2D eigenvalue weighted by atomic mass is 10.1. The molecule has 2 aromatic heterocycles. The maximum absolute atomic E-state index is 13.0. The Balaban J connectivity index is 1.36. The Hall–Kier alpha value is -4.35. The molecule has 0 spiro atoms. The topological polar surface area (TPSA) is 130 Å². The summed E-state index contributed by atoms with van der Waals surface area (Å²) in [7, 11) is -3.67. The largest absolute Gasteiger partial charge is 0.478 e. The first-order valence-electron chi connectivity index (χ1n) is 10.5. The van der Waals surface area contributed by atoms with Gasteiger partial charge >= 0.3 is 5.97 Å². The van der Waals surface area contributed by atoms with Crippen molar-refractivity contribution >= 4 is 50.5 Å². The molecule has 1 amide bonds. The van der Waals surface area contributed by atoms with Gasteiger partial charge in [-0.05, 0) is 73.7 Å². The van der Waals surface area contributed by atoms with Gasteiger partial charge in [0.25, 0.3) is 5.91 Å². The number of furan rings is 1. The lowest BCUT2D eigenvalue weighted by Gasteiger charge is -2.11. The molecule has 180 valence electrons. The molecule has 0 saturated heterocycles. The van der Waals surface area contributed by atoms with Crippen molar-refractivity contribution in [3.05, 3.63) is 89.1 Å². The molecule has 1 aliphatic rings. The van der Waals surface area contributed by atoms with E-state index in [2.05, 4.69) is 10.1 Å². The summed E-state index contributed by atoms with van der Waals surface area (Å²) in [5.41, 5.74) is 2.04. The Kier molecular flexibility index (Phi) is 5.86. The summed E-state index contributed by atoms with van der Waals surface area (Å²) in [5, 5.41) is 16.2. The maximum atomic E-state index is 13.0. The highest BCUT2D eigenvalue weighted by Crippen LogP contribution is 2.29. The predicted octanol–water partition coefficient (Wildman–Crippen LogP) is 4.74. The normalized spacial score (nSPS) is 14.9. The first kappa shape index (κ1) is 23.4. The van der Waals surface area contributed by atoms with Crippen LogP contribution in [0.2, 0.25) is 0 Å². The quantitative estimate of drug-likeness (QED) is 0.364. The standard InChI is InChI=1S/C25H17N3O6S2/c1-15-21(23(29)28(27-15)18-6-2-17(3-7-18)24(30)31)14-19-8-11-22(34-19)16-4-9-20(10-5-16)36(32,33)25-26-12-13-35-25/h2-14H,1H3,(H,30,31)/b21-14-. The number of carboxylic acid groups (broad SMARTS) is 1. The zero-order chi connectivity index (χ0) is 25.4. The minimum atomic E-state index is -3.67. The molecule has 0 aliphatic carbocycles. The predicted molar refractivity (Wildman–Crippen MR) is 134 cm³/mol. The van der Waals surface area contributed by atoms with Crippen LogP contribution in [0.1, 0.15) is 23.0 Å². The first-order valence-corrected chi connectivity index (χ1v) is 12.9. The summed E-state index contributed by atoms with van der Waals surface area (Å²) in [5.74, 6) is -0.504. The van der Waals surface area contributed by atoms with Gasteiger partial charge in [0.2, 0.25) is 14.2 Å². The second kappa shape index (κ2) is 9.02. The van der Waals surface area contributed by atoms with Crippen molar-refractivity contribution in [3.8, 4) is 11.3 Å². The second-order valence-electron chi connectivity index (χ2n) is 7.74. The van der Waals surface area contributed by atoms with Gasteiger partial charge in [0.15, 0.2) is 0 Å². The summed E-state index contributed by atoms with van der Waals surface area (Å²) < 4.78 is 31.2. The smallest absolute Gasteiger partial charge is 0.335 e. The van der Waals surface area contributed by atoms with Crippen molar-refractivity contribution in [3.63, 3.8) is 0 Å². The number of carbonyl (C=O) groups is 2. The third kappa shape index (κ3) is 4.25. The minimum Gasteiger partial charge on any atom is -0.478 e. The molecule has 0 radical (unpaired) electrons. The van der Waals surface area contributed by atoms with E-state index < -0.39 is 15.8 Å². The SMILES string of the molecule is CC1=NN(c2ccc(C(=O)O)cc2)C(=O)/C1=C\c1ccc(-c2ccc(S(=O)(=O)c3nccs3)cc2)o1. The van der Waals surface area contributed by atoms with E-state index in [1.54, 1.807) is 42.6 Å². The third-order valence-corrected chi connectivity index (χ3v) is 8.39. The van der Waals surface area contributed by atoms with Crippen LogP contribution in [0, 0.1) is 0 Å². The highest BCUT2D eigenvalue weighted by atomic mass is 32.2. The monoisotopic (exact) mass is 519 g/mol. The van der Waals surface area contributed by atoms with Gasteiger partial charge < -0.3 is 9.52 Å². The summed E-state index contributed by atoms with van der Waals surface area (Å²) in [4.78, 5) is 28.1. The number of hydrogen-bond donors (Lipinski definition) is 1. The highest BCUT2D eigenvalue weighted by Gasteiger charge is 2.29. The van der Waals surface area contributed by atoms with E-state index in [0.29, 0.717) is 34.1 Å². The zero-order valence-corrected chi connectivity index (χ0v) is 20.3. The van der Waals surface area contributed by atoms with Crippen molar-refractivity contribution in [2.75, 3.05) is 5.01 Å². The van der Waals surface area contributed by atoms with Gasteiger partial charge in [-0.2, -0.15) is 10.1 Å². The maximum Gasteiger partial charge on any atom is 0.335 e. The van der Waals surface area contributed by atoms with Crippen molar-refractivity contribution in [1.29, 1.82) is 0 Å². The van der Waals surface area contributed by atoms with Crippen LogP contribution < -0.4 is 5.01 Å². The Morgan fingerprint density at radius 3 is 2.42 bits per heavy atom. The number of nitrogens with zero attached hydrogens (tertiary/aromatic N) is 3. The van der Waals surface area contributed by atoms with Crippen LogP contribution in [0.25, 0.3) is 17.4 Å². The molecule has 9 nitrogen and oxygen atoms in total. The van der Waals surface area contributed by atoms with Gasteiger partial charge in [0.1, 0.15) is 11.5 Å². The molecule has 0 unspecified atom stereocenters. The molecule has 0 fully saturated rings. The number of sulfone groups is 1. The van der Waals surface area contributed by atoms with Crippen LogP contribution in [-0.2, 0) is 14.6 Å². The van der Waals surface area contributed by atoms with Crippen LogP contribution in [0.15, 0.2) is 96.6 Å². The van der Waals surface area contributed by atoms with Gasteiger partial charge in [0.05, 0.1) is 27.4 Å². The van der Waals surface area contributed by atoms with E-state index in [1.807, 2.05) is 0 Å². The minimum absolute atomic E-state index is 0.0345. The molecular formula is C25H17N3O6S2. The summed E-state index contributed by atoms with van der Waals surface area (Å²) >= 11 is 1.06. The summed E-state index contributed by atoms with van der Waals surface area (Å²) in [6, 6.07) is 15.6. The van der Waals surface area contributed by atoms with Gasteiger partial charge in [-0.3, -0.25) is 4.79 Å². The van der Waals surface area contributed by atoms with Crippen LogP contribution in [-0.4, -0.2) is 36.1 Å². The van der Waals surface area contributed by atoms with E-state index in [9.17, 15) is 18.0 Å². The number of hydrazone groups is 1. The summed E-state index contributed by atoms with van der Waals surface area (Å²) in [6.07, 6.45) is 3.03. The fourth-order valence-corrected chi connectivity index (χ4v) is 5.79. The van der Waals surface area contributed by atoms with Gasteiger partial charge in [-0.1, -0.05) is 0 Å². The second-order valence-corrected chi connectivity index (χ2v) is 10.8. The number of carboxylic acids is 1. The molecule has 1 N–H and O–H groups in total. The Morgan fingerprint density at radius 1 is 1.06 bits per heavy atom. The van der Waals surface area contributed by atoms with Gasteiger partial charge in [-0.25, -0.2) is 18.2 Å². The van der Waals surface area contributed by atoms with Crippen LogP contribution in [0.3, 0.4) is 0 Å². The molecule has 0 saturated carbocycles. The number of rotatable bonds is 6. The fourth-order valence-electron chi connectivity index (χ4n) is 3.57. The van der Waals surface area contributed by atoms with Crippen molar-refractivity contribution in [2.45, 2.75) is 16.2 Å². The number of aromatic carboxylic acids is 1. The lowest BCUT2D eigenvalue weighted by Crippen LogP contribution is -2.21. The summed E-state index contributed by atoms with van der Waals surface area (Å²) in [6.45, 7) is 1.70. The number of hydrogen-bond acceptors (Lipinski definition) is 8. The van der Waals surface area contributed by atoms with E-state index in [-0.39, 0.29) is 20.7 Å². The lowest BCUT2D eigenvalue weighted by molar-refractivity contribution is -0.114. The zero-order valence-electron chi connectivity index (χ0n) is 18.7. The third-order valence-electron chi connectivity index (χ3n) is 5.42. The molecular weight excluding hydrogens is 502 g/mol. The van der Waals surface area contributed by atoms with Crippen molar-refractivity contribution < 1.29 is 27.5 Å². The van der Waals surface area contributed by atoms with Crippen LogP contribution in [0.5, 0.6) is 0 Å². The number of anilines is 1. The van der Waals surface area contributed by atoms with E-state index in [1.165, 1.54) is 47.6 Å². The molecule has 5 rings (SSSR count). The molecule has 4 aromatic rings. The fraction of sp³-hybridized carbons (Fsp3) is 0.0400. The van der Waals surface area contributed by atoms with E-state index in [0.717, 1.165) is 11.3 Å². The molecule has 0 bridgehead atoms.